The molecule has 0 fully saturated rings. The third-order valence-corrected chi connectivity index (χ3v) is 3.19. The Morgan fingerprint density at radius 3 is 0.955 bits per heavy atom. The van der Waals surface area contributed by atoms with Gasteiger partial charge in [0.15, 0.2) is 0 Å². The summed E-state index contributed by atoms with van der Waals surface area (Å²) in [5, 5.41) is 0. The molecule has 2 aromatic carbocycles. The first-order chi connectivity index (χ1) is 8.61. The van der Waals surface area contributed by atoms with E-state index in [-0.39, 0.29) is 106 Å². The van der Waals surface area contributed by atoms with Crippen LogP contribution in [0.2, 0.25) is 0 Å². The monoisotopic (exact) mass is 564 g/mol. The number of rotatable bonds is 2. The van der Waals surface area contributed by atoms with Crippen LogP contribution in [0.1, 0.15) is 0 Å². The minimum absolute atomic E-state index is 0. The summed E-state index contributed by atoms with van der Waals surface area (Å²) in [5.74, 6) is 0. The fraction of sp³-hybridized carbons (Fsp3) is 0. The first kappa shape index (κ1) is 31.7. The molecule has 4 nitrogen and oxygen atoms in total. The average Bonchev–Trinajstić information content (AvgIpc) is 2.41. The molecule has 0 aromatic heterocycles. The summed E-state index contributed by atoms with van der Waals surface area (Å²) in [4.78, 5) is 0.662. The Morgan fingerprint density at radius 2 is 0.818 bits per heavy atom. The molecule has 113 valence electrons. The van der Waals surface area contributed by atoms with Crippen LogP contribution in [0, 0.1) is 7.43 Å². The minimum Gasteiger partial charge on any atom is -0.768 e. The molecule has 2 rings (SSSR count). The van der Waals surface area contributed by atoms with Crippen LogP contribution in [0.3, 0.4) is 0 Å². The van der Waals surface area contributed by atoms with Gasteiger partial charge in [0.25, 0.3) is 0 Å². The SMILES string of the molecule is O=S([O-])c1ccccc1.O=S([O-])c1ccccc1.[CH3-].[Y].[Y].[Y]. The zero-order chi connectivity index (χ0) is 13.4. The van der Waals surface area contributed by atoms with Gasteiger partial charge < -0.3 is 16.5 Å². The van der Waals surface area contributed by atoms with Crippen molar-refractivity contribution in [3.05, 3.63) is 68.1 Å². The van der Waals surface area contributed by atoms with Crippen molar-refractivity contribution in [3.8, 4) is 0 Å². The van der Waals surface area contributed by atoms with Crippen molar-refractivity contribution in [2.75, 3.05) is 0 Å². The van der Waals surface area contributed by atoms with Gasteiger partial charge in [-0.15, -0.1) is 0 Å². The van der Waals surface area contributed by atoms with Crippen molar-refractivity contribution in [2.45, 2.75) is 9.79 Å². The van der Waals surface area contributed by atoms with Crippen LogP contribution in [0.15, 0.2) is 70.5 Å². The molecule has 0 aliphatic heterocycles. The quantitative estimate of drug-likeness (QED) is 0.415. The molecule has 2 unspecified atom stereocenters. The van der Waals surface area contributed by atoms with Gasteiger partial charge in [0.1, 0.15) is 0 Å². The zero-order valence-electron chi connectivity index (χ0n) is 12.0. The molecule has 3 radical (unpaired) electrons. The molecule has 0 spiro atoms. The molecule has 0 bridgehead atoms. The topological polar surface area (TPSA) is 80.3 Å². The Labute approximate surface area is 212 Å². The van der Waals surface area contributed by atoms with Crippen LogP contribution in [-0.2, 0) is 120 Å². The summed E-state index contributed by atoms with van der Waals surface area (Å²) in [7, 11) is 0. The molecule has 0 amide bonds. The molecule has 22 heavy (non-hydrogen) atoms. The van der Waals surface area contributed by atoms with Gasteiger partial charge in [0.2, 0.25) is 0 Å². The molecule has 0 saturated carbocycles. The van der Waals surface area contributed by atoms with Gasteiger partial charge >= 0.3 is 0 Å². The average molecular weight is 564 g/mol. The largest absolute Gasteiger partial charge is 0.768 e. The van der Waals surface area contributed by atoms with E-state index in [1.807, 2.05) is 0 Å². The first-order valence-electron chi connectivity index (χ1n) is 4.90. The maximum Gasteiger partial charge on any atom is 0.0248 e. The van der Waals surface area contributed by atoms with Crippen molar-refractivity contribution in [1.29, 1.82) is 0 Å². The molecule has 9 heteroatoms. The molecule has 0 aliphatic carbocycles. The molecular weight excluding hydrogens is 551 g/mol. The second-order valence-electron chi connectivity index (χ2n) is 3.10. The maximum absolute atomic E-state index is 10.2. The third-order valence-electron chi connectivity index (χ3n) is 1.87. The van der Waals surface area contributed by atoms with Crippen LogP contribution in [-0.4, -0.2) is 17.5 Å². The van der Waals surface area contributed by atoms with Crippen LogP contribution < -0.4 is 0 Å². The molecule has 0 aliphatic rings. The molecular formula is C13H13O4S2Y3-3. The van der Waals surface area contributed by atoms with Gasteiger partial charge in [-0.1, -0.05) is 36.4 Å². The van der Waals surface area contributed by atoms with Gasteiger partial charge in [-0.2, -0.15) is 0 Å². The van der Waals surface area contributed by atoms with Crippen LogP contribution in [0.5, 0.6) is 0 Å². The van der Waals surface area contributed by atoms with E-state index in [1.54, 1.807) is 60.7 Å². The fourth-order valence-electron chi connectivity index (χ4n) is 1.06. The van der Waals surface area contributed by atoms with Crippen molar-refractivity contribution >= 4 is 22.2 Å². The van der Waals surface area contributed by atoms with E-state index < -0.39 is 22.2 Å². The minimum atomic E-state index is -2.08. The van der Waals surface area contributed by atoms with E-state index in [0.29, 0.717) is 9.79 Å². The first-order valence-corrected chi connectivity index (χ1v) is 7.05. The van der Waals surface area contributed by atoms with E-state index in [1.165, 1.54) is 0 Å². The Hall–Kier alpha value is 1.97. The molecule has 2 aromatic rings. The number of benzene rings is 2. The van der Waals surface area contributed by atoms with Gasteiger partial charge in [0, 0.05) is 108 Å². The fourth-order valence-corrected chi connectivity index (χ4v) is 1.82. The maximum atomic E-state index is 10.2. The second-order valence-corrected chi connectivity index (χ2v) is 4.98. The van der Waals surface area contributed by atoms with Gasteiger partial charge in [-0.3, -0.25) is 8.42 Å². The smallest absolute Gasteiger partial charge is 0.0248 e. The summed E-state index contributed by atoms with van der Waals surface area (Å²) in [6.07, 6.45) is 0. The van der Waals surface area contributed by atoms with E-state index in [9.17, 15) is 17.5 Å². The molecule has 0 N–H and O–H groups in total. The van der Waals surface area contributed by atoms with E-state index in [4.69, 9.17) is 0 Å². The Kier molecular flexibility index (Phi) is 27.8. The van der Waals surface area contributed by atoms with Crippen molar-refractivity contribution < 1.29 is 116 Å². The standard InChI is InChI=1S/2C6H6O2S.CH3.3Y/c2*7-9(8)6-4-2-1-3-5-6;;;;/h2*1-5H,(H,7,8);1H3;;;/q;;-1;;;/p-2. The third kappa shape index (κ3) is 14.3. The summed E-state index contributed by atoms with van der Waals surface area (Å²) >= 11 is -4.16. The summed E-state index contributed by atoms with van der Waals surface area (Å²) in [6.45, 7) is 0. The van der Waals surface area contributed by atoms with Gasteiger partial charge in [0.05, 0.1) is 0 Å². The molecule has 0 saturated heterocycles. The summed E-state index contributed by atoms with van der Waals surface area (Å²) in [5.41, 5.74) is 0. The van der Waals surface area contributed by atoms with Gasteiger partial charge in [-0.05, 0) is 46.4 Å². The van der Waals surface area contributed by atoms with Crippen LogP contribution in [0.25, 0.3) is 0 Å². The summed E-state index contributed by atoms with van der Waals surface area (Å²) in [6, 6.07) is 16.5. The molecule has 0 heterocycles. The van der Waals surface area contributed by atoms with Crippen LogP contribution in [0.4, 0.5) is 0 Å². The number of hydrogen-bond acceptors (Lipinski definition) is 4. The number of hydrogen-bond donors (Lipinski definition) is 0. The zero-order valence-corrected chi connectivity index (χ0v) is 22.1. The Bertz CT molecular complexity index is 478. The predicted molar refractivity (Wildman–Crippen MR) is 73.7 cm³/mol. The molecule has 2 atom stereocenters. The van der Waals surface area contributed by atoms with Crippen molar-refractivity contribution in [1.82, 2.24) is 0 Å². The van der Waals surface area contributed by atoms with Crippen molar-refractivity contribution in [3.63, 3.8) is 0 Å². The van der Waals surface area contributed by atoms with Crippen LogP contribution >= 0.6 is 0 Å². The second kappa shape index (κ2) is 19.3. The Balaban J connectivity index is -0.000000125. The van der Waals surface area contributed by atoms with E-state index in [0.717, 1.165) is 0 Å². The normalized spacial score (nSPS) is 10.6. The predicted octanol–water partition coefficient (Wildman–Crippen LogP) is 2.29. The van der Waals surface area contributed by atoms with Crippen molar-refractivity contribution in [2.24, 2.45) is 0 Å². The Morgan fingerprint density at radius 1 is 0.591 bits per heavy atom. The van der Waals surface area contributed by atoms with Gasteiger partial charge in [-0.25, -0.2) is 0 Å². The summed E-state index contributed by atoms with van der Waals surface area (Å²) < 4.78 is 40.8. The van der Waals surface area contributed by atoms with E-state index in [2.05, 4.69) is 0 Å². The van der Waals surface area contributed by atoms with E-state index >= 15 is 0 Å².